The second-order valence-corrected chi connectivity index (χ2v) is 6.70. The van der Waals surface area contributed by atoms with Crippen LogP contribution in [0.2, 0.25) is 5.02 Å². The van der Waals surface area contributed by atoms with Gasteiger partial charge in [-0.2, -0.15) is 10.4 Å². The Bertz CT molecular complexity index is 932. The molecule has 0 aromatic heterocycles. The average Bonchev–Trinajstić information content (AvgIpc) is 2.56. The van der Waals surface area contributed by atoms with Gasteiger partial charge in [0.15, 0.2) is 0 Å². The Kier molecular flexibility index (Phi) is 5.13. The summed E-state index contributed by atoms with van der Waals surface area (Å²) in [6.45, 7) is 0. The van der Waals surface area contributed by atoms with E-state index < -0.39 is 19.8 Å². The van der Waals surface area contributed by atoms with E-state index in [1.807, 2.05) is 0 Å². The van der Waals surface area contributed by atoms with Gasteiger partial charge in [-0.05, 0) is 36.4 Å². The van der Waals surface area contributed by atoms with Crippen LogP contribution in [0.3, 0.4) is 0 Å². The molecular formula is C14H9ClN4O4S. The highest BCUT2D eigenvalue weighted by molar-refractivity contribution is 8.07. The Morgan fingerprint density at radius 2 is 1.75 bits per heavy atom. The topological polar surface area (TPSA) is 125 Å². The normalized spacial score (nSPS) is 11.6. The minimum absolute atomic E-state index is 0.126. The molecule has 0 aliphatic heterocycles. The molecule has 2 rings (SSSR count). The fourth-order valence-corrected chi connectivity index (χ4v) is 2.77. The van der Waals surface area contributed by atoms with Crippen molar-refractivity contribution in [1.29, 1.82) is 5.26 Å². The number of benzene rings is 2. The van der Waals surface area contributed by atoms with E-state index >= 15 is 0 Å². The molecule has 0 aliphatic carbocycles. The molecule has 2 aromatic carbocycles. The summed E-state index contributed by atoms with van der Waals surface area (Å²) in [7, 11) is -4.10. The second-order valence-electron chi connectivity index (χ2n) is 4.40. The zero-order valence-corrected chi connectivity index (χ0v) is 13.5. The molecule has 0 aliphatic rings. The van der Waals surface area contributed by atoms with Gasteiger partial charge >= 0.3 is 0 Å². The molecule has 0 saturated carbocycles. The number of halogens is 1. The van der Waals surface area contributed by atoms with E-state index in [0.29, 0.717) is 10.7 Å². The third kappa shape index (κ3) is 3.87. The van der Waals surface area contributed by atoms with Crippen molar-refractivity contribution < 1.29 is 13.3 Å². The summed E-state index contributed by atoms with van der Waals surface area (Å²) in [6.07, 6.45) is 0. The van der Waals surface area contributed by atoms with Crippen LogP contribution < -0.4 is 5.43 Å². The summed E-state index contributed by atoms with van der Waals surface area (Å²) in [5.74, 6) is 0. The SMILES string of the molecule is N#CC(=NNc1ccc([N+](=O)[O-])cc1)S(=O)(=O)c1ccc(Cl)cc1. The van der Waals surface area contributed by atoms with Crippen molar-refractivity contribution in [3.8, 4) is 6.07 Å². The lowest BCUT2D eigenvalue weighted by Crippen LogP contribution is -2.15. The van der Waals surface area contributed by atoms with E-state index in [-0.39, 0.29) is 10.6 Å². The number of nitro benzene ring substituents is 1. The van der Waals surface area contributed by atoms with Crippen LogP contribution in [0.4, 0.5) is 11.4 Å². The molecule has 0 fully saturated rings. The number of nitrogens with one attached hydrogen (secondary N) is 1. The number of nitrogens with zero attached hydrogens (tertiary/aromatic N) is 3. The van der Waals surface area contributed by atoms with Crippen LogP contribution in [0.5, 0.6) is 0 Å². The third-order valence-corrected chi connectivity index (χ3v) is 4.68. The Morgan fingerprint density at radius 1 is 1.17 bits per heavy atom. The molecule has 122 valence electrons. The number of rotatable bonds is 4. The number of nitriles is 1. The van der Waals surface area contributed by atoms with E-state index in [1.165, 1.54) is 54.6 Å². The molecule has 8 nitrogen and oxygen atoms in total. The molecular weight excluding hydrogens is 356 g/mol. The van der Waals surface area contributed by atoms with Gasteiger partial charge in [0.2, 0.25) is 9.84 Å². The van der Waals surface area contributed by atoms with Gasteiger partial charge in [-0.25, -0.2) is 8.42 Å². The van der Waals surface area contributed by atoms with E-state index in [1.54, 1.807) is 0 Å². The summed E-state index contributed by atoms with van der Waals surface area (Å²) < 4.78 is 24.6. The Labute approximate surface area is 142 Å². The van der Waals surface area contributed by atoms with Crippen LogP contribution in [-0.4, -0.2) is 18.4 Å². The van der Waals surface area contributed by atoms with Crippen LogP contribution in [-0.2, 0) is 9.84 Å². The van der Waals surface area contributed by atoms with Crippen LogP contribution in [0.15, 0.2) is 58.5 Å². The molecule has 2 aromatic rings. The maximum Gasteiger partial charge on any atom is 0.269 e. The highest BCUT2D eigenvalue weighted by Gasteiger charge is 2.22. The Morgan fingerprint density at radius 3 is 2.25 bits per heavy atom. The molecule has 0 unspecified atom stereocenters. The van der Waals surface area contributed by atoms with Gasteiger partial charge in [0.25, 0.3) is 10.7 Å². The molecule has 24 heavy (non-hydrogen) atoms. The zero-order chi connectivity index (χ0) is 17.7. The van der Waals surface area contributed by atoms with Crippen molar-refractivity contribution in [2.75, 3.05) is 5.43 Å². The third-order valence-electron chi connectivity index (χ3n) is 2.84. The molecule has 0 heterocycles. The smallest absolute Gasteiger partial charge is 0.269 e. The summed E-state index contributed by atoms with van der Waals surface area (Å²) >= 11 is 5.70. The number of hydrogen-bond donors (Lipinski definition) is 1. The number of nitro groups is 1. The number of hydrazone groups is 1. The second kappa shape index (κ2) is 7.08. The minimum Gasteiger partial charge on any atom is -0.277 e. The lowest BCUT2D eigenvalue weighted by atomic mass is 10.3. The maximum atomic E-state index is 12.3. The van der Waals surface area contributed by atoms with Gasteiger partial charge in [-0.1, -0.05) is 11.6 Å². The molecule has 0 amide bonds. The summed E-state index contributed by atoms with van der Waals surface area (Å²) in [5.41, 5.74) is 2.55. The molecule has 0 spiro atoms. The molecule has 1 N–H and O–H groups in total. The fourth-order valence-electron chi connectivity index (χ4n) is 1.64. The first-order valence-electron chi connectivity index (χ1n) is 6.33. The Balaban J connectivity index is 2.27. The van der Waals surface area contributed by atoms with E-state index in [4.69, 9.17) is 16.9 Å². The van der Waals surface area contributed by atoms with Crippen molar-refractivity contribution in [1.82, 2.24) is 0 Å². The number of hydrogen-bond acceptors (Lipinski definition) is 7. The first-order valence-corrected chi connectivity index (χ1v) is 8.19. The first-order chi connectivity index (χ1) is 11.3. The van der Waals surface area contributed by atoms with Gasteiger partial charge in [0.1, 0.15) is 6.07 Å². The Hall–Kier alpha value is -2.96. The maximum absolute atomic E-state index is 12.3. The van der Waals surface area contributed by atoms with E-state index in [0.717, 1.165) is 0 Å². The summed E-state index contributed by atoms with van der Waals surface area (Å²) in [4.78, 5) is 9.86. The largest absolute Gasteiger partial charge is 0.277 e. The monoisotopic (exact) mass is 364 g/mol. The van der Waals surface area contributed by atoms with Crippen LogP contribution in [0.25, 0.3) is 0 Å². The van der Waals surface area contributed by atoms with Gasteiger partial charge in [0, 0.05) is 17.2 Å². The van der Waals surface area contributed by atoms with Crippen molar-refractivity contribution in [3.05, 3.63) is 63.7 Å². The van der Waals surface area contributed by atoms with Crippen LogP contribution in [0.1, 0.15) is 0 Å². The molecule has 0 saturated heterocycles. The summed E-state index contributed by atoms with van der Waals surface area (Å²) in [6, 6.07) is 11.9. The number of anilines is 1. The van der Waals surface area contributed by atoms with Gasteiger partial charge in [-0.15, -0.1) is 0 Å². The molecule has 0 bridgehead atoms. The zero-order valence-electron chi connectivity index (χ0n) is 11.9. The van der Waals surface area contributed by atoms with Crippen molar-refractivity contribution in [3.63, 3.8) is 0 Å². The van der Waals surface area contributed by atoms with E-state index in [2.05, 4.69) is 10.5 Å². The first kappa shape index (κ1) is 17.4. The van der Waals surface area contributed by atoms with Crippen LogP contribution in [0, 0.1) is 21.4 Å². The highest BCUT2D eigenvalue weighted by atomic mass is 35.5. The average molecular weight is 365 g/mol. The molecule has 0 atom stereocenters. The van der Waals surface area contributed by atoms with Crippen LogP contribution >= 0.6 is 11.6 Å². The summed E-state index contributed by atoms with van der Waals surface area (Å²) in [5, 5.41) is 22.8. The van der Waals surface area contributed by atoms with Gasteiger partial charge in [-0.3, -0.25) is 15.5 Å². The number of non-ortho nitro benzene ring substituents is 1. The molecule has 0 radical (unpaired) electrons. The van der Waals surface area contributed by atoms with Gasteiger partial charge < -0.3 is 0 Å². The highest BCUT2D eigenvalue weighted by Crippen LogP contribution is 2.18. The lowest BCUT2D eigenvalue weighted by molar-refractivity contribution is -0.384. The minimum atomic E-state index is -4.10. The number of sulfone groups is 1. The molecule has 10 heteroatoms. The lowest BCUT2D eigenvalue weighted by Gasteiger charge is -2.04. The standard InChI is InChI=1S/C14H9ClN4O4S/c15-10-1-7-13(8-2-10)24(22,23)14(9-16)18-17-11-3-5-12(6-4-11)19(20)21/h1-8,17H. The van der Waals surface area contributed by atoms with Crippen molar-refractivity contribution >= 4 is 37.9 Å². The van der Waals surface area contributed by atoms with Crippen molar-refractivity contribution in [2.45, 2.75) is 4.90 Å². The van der Waals surface area contributed by atoms with Gasteiger partial charge in [0.05, 0.1) is 15.5 Å². The quantitative estimate of drug-likeness (QED) is 0.384. The predicted octanol–water partition coefficient (Wildman–Crippen LogP) is 2.97. The van der Waals surface area contributed by atoms with E-state index in [9.17, 15) is 18.5 Å². The predicted molar refractivity (Wildman–Crippen MR) is 88.4 cm³/mol. The van der Waals surface area contributed by atoms with Crippen molar-refractivity contribution in [2.24, 2.45) is 5.10 Å². The fraction of sp³-hybridized carbons (Fsp3) is 0.